The number of benzene rings is 2. The van der Waals surface area contributed by atoms with Crippen LogP contribution in [0.4, 0.5) is 0 Å². The van der Waals surface area contributed by atoms with Gasteiger partial charge in [0.15, 0.2) is 0 Å². The lowest BCUT2D eigenvalue weighted by molar-refractivity contribution is 0.414. The molecule has 2 aromatic rings. The van der Waals surface area contributed by atoms with Crippen LogP contribution in [0, 0.1) is 0 Å². The molecule has 0 bridgehead atoms. The Morgan fingerprint density at radius 3 is 2.33 bits per heavy atom. The summed E-state index contributed by atoms with van der Waals surface area (Å²) in [6.07, 6.45) is 0. The standard InChI is InChI=1S/C14H15ClN2O/c1-18-11-8-6-10(7-9-11)14(17-16)12-4-2-3-5-13(12)15/h2-9,14,17H,16H2,1H3. The van der Waals surface area contributed by atoms with E-state index in [1.165, 1.54) is 0 Å². The van der Waals surface area contributed by atoms with Crippen LogP contribution in [0.15, 0.2) is 48.5 Å². The van der Waals surface area contributed by atoms with E-state index < -0.39 is 0 Å². The average molecular weight is 263 g/mol. The molecule has 0 radical (unpaired) electrons. The number of halogens is 1. The number of hydrogen-bond acceptors (Lipinski definition) is 3. The zero-order chi connectivity index (χ0) is 13.0. The highest BCUT2D eigenvalue weighted by molar-refractivity contribution is 6.31. The van der Waals surface area contributed by atoms with Gasteiger partial charge in [0.25, 0.3) is 0 Å². The van der Waals surface area contributed by atoms with E-state index in [9.17, 15) is 0 Å². The van der Waals surface area contributed by atoms with Crippen molar-refractivity contribution in [2.75, 3.05) is 7.11 Å². The third kappa shape index (κ3) is 2.64. The molecular formula is C14H15ClN2O. The quantitative estimate of drug-likeness (QED) is 0.658. The SMILES string of the molecule is COc1ccc(C(NN)c2ccccc2Cl)cc1. The molecule has 0 saturated heterocycles. The van der Waals surface area contributed by atoms with Gasteiger partial charge < -0.3 is 4.74 Å². The van der Waals surface area contributed by atoms with Gasteiger partial charge >= 0.3 is 0 Å². The van der Waals surface area contributed by atoms with E-state index in [1.807, 2.05) is 48.5 Å². The van der Waals surface area contributed by atoms with Gasteiger partial charge in [-0.2, -0.15) is 0 Å². The maximum Gasteiger partial charge on any atom is 0.118 e. The maximum absolute atomic E-state index is 6.19. The van der Waals surface area contributed by atoms with Crippen LogP contribution in [0.2, 0.25) is 5.02 Å². The van der Waals surface area contributed by atoms with Crippen LogP contribution in [0.25, 0.3) is 0 Å². The monoisotopic (exact) mass is 262 g/mol. The molecule has 1 unspecified atom stereocenters. The van der Waals surface area contributed by atoms with Crippen LogP contribution in [0.1, 0.15) is 17.2 Å². The molecule has 0 aliphatic rings. The van der Waals surface area contributed by atoms with Crippen molar-refractivity contribution in [1.29, 1.82) is 0 Å². The van der Waals surface area contributed by atoms with E-state index in [1.54, 1.807) is 7.11 Å². The van der Waals surface area contributed by atoms with Crippen molar-refractivity contribution in [2.24, 2.45) is 5.84 Å². The first-order chi connectivity index (χ1) is 8.76. The maximum atomic E-state index is 6.19. The predicted molar refractivity (Wildman–Crippen MR) is 73.6 cm³/mol. The predicted octanol–water partition coefficient (Wildman–Crippen LogP) is 2.90. The summed E-state index contributed by atoms with van der Waals surface area (Å²) < 4.78 is 5.13. The van der Waals surface area contributed by atoms with Gasteiger partial charge in [-0.1, -0.05) is 41.9 Å². The van der Waals surface area contributed by atoms with Crippen molar-refractivity contribution in [3.8, 4) is 5.75 Å². The molecule has 18 heavy (non-hydrogen) atoms. The molecule has 2 rings (SSSR count). The summed E-state index contributed by atoms with van der Waals surface area (Å²) in [6.45, 7) is 0. The lowest BCUT2D eigenvalue weighted by atomic mass is 9.99. The number of nitrogens with two attached hydrogens (primary N) is 1. The van der Waals surface area contributed by atoms with E-state index in [-0.39, 0.29) is 6.04 Å². The fraction of sp³-hybridized carbons (Fsp3) is 0.143. The normalized spacial score (nSPS) is 12.2. The van der Waals surface area contributed by atoms with Crippen molar-refractivity contribution >= 4 is 11.6 Å². The Balaban J connectivity index is 2.36. The molecule has 3 nitrogen and oxygen atoms in total. The Morgan fingerprint density at radius 2 is 1.78 bits per heavy atom. The Hall–Kier alpha value is -1.55. The van der Waals surface area contributed by atoms with E-state index in [4.69, 9.17) is 22.2 Å². The summed E-state index contributed by atoms with van der Waals surface area (Å²) in [4.78, 5) is 0. The van der Waals surface area contributed by atoms with Gasteiger partial charge in [-0.15, -0.1) is 0 Å². The summed E-state index contributed by atoms with van der Waals surface area (Å²) >= 11 is 6.19. The molecule has 2 aromatic carbocycles. The zero-order valence-corrected chi connectivity index (χ0v) is 10.8. The second-order valence-electron chi connectivity index (χ2n) is 3.89. The second-order valence-corrected chi connectivity index (χ2v) is 4.30. The molecule has 0 fully saturated rings. The number of hydrogen-bond donors (Lipinski definition) is 2. The fourth-order valence-corrected chi connectivity index (χ4v) is 2.12. The van der Waals surface area contributed by atoms with Crippen molar-refractivity contribution in [3.05, 3.63) is 64.7 Å². The van der Waals surface area contributed by atoms with Gasteiger partial charge in [-0.3, -0.25) is 5.84 Å². The van der Waals surface area contributed by atoms with E-state index in [2.05, 4.69) is 5.43 Å². The topological polar surface area (TPSA) is 47.3 Å². The van der Waals surface area contributed by atoms with Crippen LogP contribution >= 0.6 is 11.6 Å². The van der Waals surface area contributed by atoms with Crippen LogP contribution < -0.4 is 16.0 Å². The van der Waals surface area contributed by atoms with Crippen molar-refractivity contribution in [2.45, 2.75) is 6.04 Å². The minimum absolute atomic E-state index is 0.135. The van der Waals surface area contributed by atoms with Gasteiger partial charge in [0.05, 0.1) is 13.2 Å². The molecule has 0 amide bonds. The van der Waals surface area contributed by atoms with Crippen molar-refractivity contribution < 1.29 is 4.74 Å². The number of rotatable bonds is 4. The van der Waals surface area contributed by atoms with Crippen LogP contribution in [0.3, 0.4) is 0 Å². The lowest BCUT2D eigenvalue weighted by Crippen LogP contribution is -2.29. The lowest BCUT2D eigenvalue weighted by Gasteiger charge is -2.18. The molecule has 0 aliphatic heterocycles. The molecule has 0 heterocycles. The zero-order valence-electron chi connectivity index (χ0n) is 10.1. The van der Waals surface area contributed by atoms with Crippen LogP contribution in [-0.2, 0) is 0 Å². The first-order valence-electron chi connectivity index (χ1n) is 5.60. The summed E-state index contributed by atoms with van der Waals surface area (Å²) in [6, 6.07) is 15.2. The first-order valence-corrected chi connectivity index (χ1v) is 5.98. The van der Waals surface area contributed by atoms with Gasteiger partial charge in [0, 0.05) is 5.02 Å². The Labute approximate surface area is 111 Å². The Kier molecular flexibility index (Phi) is 4.20. The number of nitrogens with one attached hydrogen (secondary N) is 1. The summed E-state index contributed by atoms with van der Waals surface area (Å²) in [7, 11) is 1.64. The minimum atomic E-state index is -0.135. The molecular weight excluding hydrogens is 248 g/mol. The van der Waals surface area contributed by atoms with E-state index in [0.29, 0.717) is 5.02 Å². The van der Waals surface area contributed by atoms with Crippen LogP contribution in [0.5, 0.6) is 5.75 Å². The van der Waals surface area contributed by atoms with E-state index in [0.717, 1.165) is 16.9 Å². The number of methoxy groups -OCH3 is 1. The highest BCUT2D eigenvalue weighted by Gasteiger charge is 2.14. The summed E-state index contributed by atoms with van der Waals surface area (Å²) in [5.41, 5.74) is 4.77. The third-order valence-corrected chi connectivity index (χ3v) is 3.18. The summed E-state index contributed by atoms with van der Waals surface area (Å²) in [5.74, 6) is 6.45. The largest absolute Gasteiger partial charge is 0.497 e. The average Bonchev–Trinajstić information content (AvgIpc) is 2.42. The smallest absolute Gasteiger partial charge is 0.118 e. The number of ether oxygens (including phenoxy) is 1. The van der Waals surface area contributed by atoms with Crippen molar-refractivity contribution in [1.82, 2.24) is 5.43 Å². The minimum Gasteiger partial charge on any atom is -0.497 e. The third-order valence-electron chi connectivity index (χ3n) is 2.83. The van der Waals surface area contributed by atoms with Gasteiger partial charge in [-0.05, 0) is 29.3 Å². The fourth-order valence-electron chi connectivity index (χ4n) is 1.87. The van der Waals surface area contributed by atoms with Gasteiger partial charge in [-0.25, -0.2) is 5.43 Å². The molecule has 4 heteroatoms. The Bertz CT molecular complexity index is 513. The molecule has 94 valence electrons. The highest BCUT2D eigenvalue weighted by Crippen LogP contribution is 2.28. The summed E-state index contributed by atoms with van der Waals surface area (Å²) in [5, 5.41) is 0.691. The van der Waals surface area contributed by atoms with Gasteiger partial charge in [0.1, 0.15) is 5.75 Å². The molecule has 1 atom stereocenters. The van der Waals surface area contributed by atoms with Gasteiger partial charge in [0.2, 0.25) is 0 Å². The highest BCUT2D eigenvalue weighted by atomic mass is 35.5. The molecule has 0 saturated carbocycles. The van der Waals surface area contributed by atoms with Crippen LogP contribution in [-0.4, -0.2) is 7.11 Å². The molecule has 3 N–H and O–H groups in total. The molecule has 0 aromatic heterocycles. The second kappa shape index (κ2) is 5.87. The molecule has 0 aliphatic carbocycles. The number of hydrazine groups is 1. The van der Waals surface area contributed by atoms with Crippen molar-refractivity contribution in [3.63, 3.8) is 0 Å². The molecule has 0 spiro atoms. The first kappa shape index (κ1) is 12.9. The Morgan fingerprint density at radius 1 is 1.11 bits per heavy atom. The van der Waals surface area contributed by atoms with E-state index >= 15 is 0 Å².